The first-order valence-electron chi connectivity index (χ1n) is 7.21. The Kier molecular flexibility index (Phi) is 4.65. The molecule has 2 heterocycles. The highest BCUT2D eigenvalue weighted by Crippen LogP contribution is 2.26. The molecule has 3 rings (SSSR count). The second kappa shape index (κ2) is 6.85. The number of carbonyl (C=O) groups is 1. The van der Waals surface area contributed by atoms with Gasteiger partial charge in [-0.2, -0.15) is 4.37 Å². The van der Waals surface area contributed by atoms with E-state index in [-0.39, 0.29) is 12.4 Å². The van der Waals surface area contributed by atoms with E-state index in [2.05, 4.69) is 25.6 Å². The molecular formula is C15H18N4O2S. The van der Waals surface area contributed by atoms with Gasteiger partial charge in [0.05, 0.1) is 11.7 Å². The molecule has 0 atom stereocenters. The summed E-state index contributed by atoms with van der Waals surface area (Å²) in [6.07, 6.45) is 0. The van der Waals surface area contributed by atoms with Crippen molar-refractivity contribution in [3.8, 4) is 5.88 Å². The Balaban J connectivity index is 1.62. The van der Waals surface area contributed by atoms with Crippen molar-refractivity contribution >= 4 is 23.3 Å². The molecular weight excluding hydrogens is 300 g/mol. The van der Waals surface area contributed by atoms with Crippen LogP contribution in [0.1, 0.15) is 10.4 Å². The van der Waals surface area contributed by atoms with Crippen molar-refractivity contribution < 1.29 is 9.53 Å². The number of likely N-dealkylation sites (N-methyl/N-ethyl adjacent to an activating group) is 1. The molecule has 0 spiro atoms. The van der Waals surface area contributed by atoms with Crippen LogP contribution in [0.15, 0.2) is 30.3 Å². The Bertz CT molecular complexity index is 623. The largest absolute Gasteiger partial charge is 0.466 e. The van der Waals surface area contributed by atoms with Gasteiger partial charge in [-0.3, -0.25) is 4.79 Å². The molecule has 6 nitrogen and oxygen atoms in total. The first-order valence-corrected chi connectivity index (χ1v) is 7.94. The third kappa shape index (κ3) is 3.42. The fraction of sp³-hybridized carbons (Fsp3) is 0.400. The van der Waals surface area contributed by atoms with Crippen LogP contribution in [-0.2, 0) is 0 Å². The molecule has 0 aliphatic carbocycles. The van der Waals surface area contributed by atoms with Gasteiger partial charge in [0.2, 0.25) is 5.82 Å². The molecule has 1 aliphatic rings. The summed E-state index contributed by atoms with van der Waals surface area (Å²) >= 11 is 1.12. The van der Waals surface area contributed by atoms with Gasteiger partial charge in [0.25, 0.3) is 5.88 Å². The van der Waals surface area contributed by atoms with E-state index in [0.717, 1.165) is 43.7 Å². The first-order chi connectivity index (χ1) is 10.7. The molecule has 0 amide bonds. The molecule has 2 aromatic rings. The van der Waals surface area contributed by atoms with Crippen LogP contribution in [0.4, 0.5) is 5.82 Å². The van der Waals surface area contributed by atoms with Gasteiger partial charge in [0.1, 0.15) is 0 Å². The van der Waals surface area contributed by atoms with E-state index >= 15 is 0 Å². The maximum atomic E-state index is 12.1. The summed E-state index contributed by atoms with van der Waals surface area (Å²) in [4.78, 5) is 16.5. The summed E-state index contributed by atoms with van der Waals surface area (Å²) in [5, 5.41) is 0. The van der Waals surface area contributed by atoms with E-state index in [1.807, 2.05) is 18.2 Å². The van der Waals surface area contributed by atoms with E-state index in [0.29, 0.717) is 11.4 Å². The van der Waals surface area contributed by atoms with Gasteiger partial charge in [-0.15, -0.1) is 4.37 Å². The fourth-order valence-electron chi connectivity index (χ4n) is 2.32. The number of nitrogens with zero attached hydrogens (tertiary/aromatic N) is 4. The monoisotopic (exact) mass is 318 g/mol. The topological polar surface area (TPSA) is 58.6 Å². The van der Waals surface area contributed by atoms with Crippen molar-refractivity contribution in [2.75, 3.05) is 44.7 Å². The van der Waals surface area contributed by atoms with Crippen LogP contribution in [-0.4, -0.2) is 59.3 Å². The van der Waals surface area contributed by atoms with Gasteiger partial charge < -0.3 is 14.5 Å². The number of hydrogen-bond donors (Lipinski definition) is 0. The Morgan fingerprint density at radius 2 is 1.91 bits per heavy atom. The lowest BCUT2D eigenvalue weighted by molar-refractivity contribution is 0.0919. The molecule has 7 heteroatoms. The summed E-state index contributed by atoms with van der Waals surface area (Å²) in [5.41, 5.74) is 0.645. The van der Waals surface area contributed by atoms with Crippen LogP contribution in [0.3, 0.4) is 0 Å². The van der Waals surface area contributed by atoms with Crippen LogP contribution in [0.25, 0.3) is 0 Å². The highest BCUT2D eigenvalue weighted by molar-refractivity contribution is 6.99. The SMILES string of the molecule is CN1CCN(c2nsnc2OCC(=O)c2ccccc2)CC1. The highest BCUT2D eigenvalue weighted by Gasteiger charge is 2.21. The maximum absolute atomic E-state index is 12.1. The van der Waals surface area contributed by atoms with Crippen LogP contribution >= 0.6 is 11.7 Å². The minimum atomic E-state index is -0.0575. The first kappa shape index (κ1) is 14.9. The van der Waals surface area contributed by atoms with Crippen LogP contribution < -0.4 is 9.64 Å². The van der Waals surface area contributed by atoms with Crippen molar-refractivity contribution in [1.82, 2.24) is 13.6 Å². The fourth-order valence-corrected chi connectivity index (χ4v) is 2.84. The van der Waals surface area contributed by atoms with Crippen LogP contribution in [0.5, 0.6) is 5.88 Å². The lowest BCUT2D eigenvalue weighted by Gasteiger charge is -2.32. The summed E-state index contributed by atoms with van der Waals surface area (Å²) in [5.74, 6) is 1.15. The van der Waals surface area contributed by atoms with Gasteiger partial charge >= 0.3 is 0 Å². The summed E-state index contributed by atoms with van der Waals surface area (Å²) in [6, 6.07) is 9.13. The van der Waals surface area contributed by atoms with Crippen LogP contribution in [0.2, 0.25) is 0 Å². The molecule has 1 fully saturated rings. The average molecular weight is 318 g/mol. The van der Waals surface area contributed by atoms with Gasteiger partial charge in [-0.05, 0) is 7.05 Å². The molecule has 1 aliphatic heterocycles. The highest BCUT2D eigenvalue weighted by atomic mass is 32.1. The normalized spacial score (nSPS) is 15.8. The average Bonchev–Trinajstić information content (AvgIpc) is 3.02. The Morgan fingerprint density at radius 1 is 1.18 bits per heavy atom. The second-order valence-electron chi connectivity index (χ2n) is 5.26. The minimum absolute atomic E-state index is 0.0177. The zero-order valence-corrected chi connectivity index (χ0v) is 13.3. The molecule has 1 aromatic heterocycles. The Hall–Kier alpha value is -1.99. The third-order valence-corrected chi connectivity index (χ3v) is 4.18. The maximum Gasteiger partial charge on any atom is 0.271 e. The molecule has 1 saturated heterocycles. The number of rotatable bonds is 5. The van der Waals surface area contributed by atoms with Crippen molar-refractivity contribution in [2.24, 2.45) is 0 Å². The molecule has 0 N–H and O–H groups in total. The number of ether oxygens (including phenoxy) is 1. The van der Waals surface area contributed by atoms with E-state index in [4.69, 9.17) is 4.74 Å². The van der Waals surface area contributed by atoms with Crippen molar-refractivity contribution in [3.05, 3.63) is 35.9 Å². The Morgan fingerprint density at radius 3 is 2.64 bits per heavy atom. The van der Waals surface area contributed by atoms with E-state index in [1.165, 1.54) is 0 Å². The number of hydrogen-bond acceptors (Lipinski definition) is 7. The number of anilines is 1. The predicted octanol–water partition coefficient (Wildman–Crippen LogP) is 1.55. The third-order valence-electron chi connectivity index (χ3n) is 3.68. The smallest absolute Gasteiger partial charge is 0.271 e. The van der Waals surface area contributed by atoms with E-state index in [9.17, 15) is 4.79 Å². The van der Waals surface area contributed by atoms with Crippen LogP contribution in [0, 0.1) is 0 Å². The molecule has 0 unspecified atom stereocenters. The van der Waals surface area contributed by atoms with Gasteiger partial charge in [0.15, 0.2) is 12.4 Å². The minimum Gasteiger partial charge on any atom is -0.466 e. The molecule has 0 saturated carbocycles. The number of aromatic nitrogens is 2. The summed E-state index contributed by atoms with van der Waals surface area (Å²) in [7, 11) is 2.10. The Labute approximate surface area is 133 Å². The van der Waals surface area contributed by atoms with Crippen molar-refractivity contribution in [3.63, 3.8) is 0 Å². The zero-order chi connectivity index (χ0) is 15.4. The number of carbonyl (C=O) groups excluding carboxylic acids is 1. The van der Waals surface area contributed by atoms with E-state index < -0.39 is 0 Å². The zero-order valence-electron chi connectivity index (χ0n) is 12.4. The van der Waals surface area contributed by atoms with Gasteiger partial charge in [-0.25, -0.2) is 0 Å². The number of piperazine rings is 1. The quantitative estimate of drug-likeness (QED) is 0.780. The molecule has 0 radical (unpaired) electrons. The standard InChI is InChI=1S/C15H18N4O2S/c1-18-7-9-19(10-8-18)14-15(17-22-16-14)21-11-13(20)12-5-3-2-4-6-12/h2-6H,7-11H2,1H3. The lowest BCUT2D eigenvalue weighted by atomic mass is 10.1. The van der Waals surface area contributed by atoms with Crippen molar-refractivity contribution in [1.29, 1.82) is 0 Å². The van der Waals surface area contributed by atoms with Crippen molar-refractivity contribution in [2.45, 2.75) is 0 Å². The van der Waals surface area contributed by atoms with Gasteiger partial charge in [0, 0.05) is 31.7 Å². The molecule has 0 bridgehead atoms. The molecule has 22 heavy (non-hydrogen) atoms. The molecule has 116 valence electrons. The van der Waals surface area contributed by atoms with Gasteiger partial charge in [-0.1, -0.05) is 30.3 Å². The summed E-state index contributed by atoms with van der Waals surface area (Å²) < 4.78 is 14.1. The second-order valence-corrected chi connectivity index (χ2v) is 5.79. The predicted molar refractivity (Wildman–Crippen MR) is 85.9 cm³/mol. The summed E-state index contributed by atoms with van der Waals surface area (Å²) in [6.45, 7) is 3.74. The number of ketones is 1. The number of benzene rings is 1. The van der Waals surface area contributed by atoms with E-state index in [1.54, 1.807) is 12.1 Å². The molecule has 1 aromatic carbocycles. The lowest BCUT2D eigenvalue weighted by Crippen LogP contribution is -2.44. The number of Topliss-reactive ketones (excluding diaryl/α,β-unsaturated/α-hetero) is 1.